The Labute approximate surface area is 46.3 Å². The Morgan fingerprint density at radius 1 is 0.600 bits per heavy atom. The summed E-state index contributed by atoms with van der Waals surface area (Å²) in [6.45, 7) is 12.0. The van der Waals surface area contributed by atoms with Gasteiger partial charge >= 0.3 is 19.5 Å². The maximum atomic E-state index is 3.00. The van der Waals surface area contributed by atoms with Crippen molar-refractivity contribution in [2.45, 2.75) is 0 Å². The molecule has 5 heavy (non-hydrogen) atoms. The first kappa shape index (κ1) is 19.4. The van der Waals surface area contributed by atoms with Gasteiger partial charge in [-0.25, -0.2) is 0 Å². The zero-order valence-corrected chi connectivity index (χ0v) is 4.80. The molecule has 0 spiro atoms. The topological polar surface area (TPSA) is 0 Å². The van der Waals surface area contributed by atoms with Crippen LogP contribution < -0.4 is 0 Å². The number of hydrogen-bond acceptors (Lipinski definition) is 0. The van der Waals surface area contributed by atoms with Crippen LogP contribution in [0.5, 0.6) is 0 Å². The van der Waals surface area contributed by atoms with Crippen LogP contribution in [-0.4, -0.2) is 0 Å². The van der Waals surface area contributed by atoms with Crippen LogP contribution in [0.25, 0.3) is 0 Å². The number of hydrogen-bond donors (Lipinski definition) is 0. The summed E-state index contributed by atoms with van der Waals surface area (Å²) in [7, 11) is 0. The van der Waals surface area contributed by atoms with Crippen LogP contribution in [0.2, 0.25) is 0 Å². The Hall–Kier alpha value is 0.103. The van der Waals surface area contributed by atoms with Crippen LogP contribution >= 0.6 is 0 Å². The van der Waals surface area contributed by atoms with E-state index in [-0.39, 0.29) is 19.5 Å². The van der Waals surface area contributed by atoms with Crippen molar-refractivity contribution >= 4 is 0 Å². The summed E-state index contributed by atoms with van der Waals surface area (Å²) in [5.74, 6) is 0. The molecule has 0 aromatic heterocycles. The molecule has 0 radical (unpaired) electrons. The van der Waals surface area contributed by atoms with Crippen molar-refractivity contribution in [2.75, 3.05) is 0 Å². The molecule has 0 saturated carbocycles. The van der Waals surface area contributed by atoms with Crippen molar-refractivity contribution in [2.24, 2.45) is 0 Å². The van der Waals surface area contributed by atoms with E-state index in [0.717, 1.165) is 0 Å². The molecule has 1 heteroatoms. The summed E-state index contributed by atoms with van der Waals surface area (Å²) >= 11 is 0. The first-order chi connectivity index (χ1) is 2.00. The molecule has 0 heterocycles. The van der Waals surface area contributed by atoms with Gasteiger partial charge in [-0.3, -0.25) is 0 Å². The summed E-state index contributed by atoms with van der Waals surface area (Å²) in [6, 6.07) is 0. The Morgan fingerprint density at radius 3 is 0.600 bits per heavy atom. The fourth-order valence-corrected chi connectivity index (χ4v) is 0. The summed E-state index contributed by atoms with van der Waals surface area (Å²) < 4.78 is 0. The molecule has 0 aromatic rings. The van der Waals surface area contributed by atoms with Gasteiger partial charge in [0, 0.05) is 0 Å². The van der Waals surface area contributed by atoms with Gasteiger partial charge in [0.15, 0.2) is 0 Å². The maximum Gasteiger partial charge on any atom is 1.00 e. The molecule has 0 aliphatic heterocycles. The molecular weight excluding hydrogens is 151 g/mol. The van der Waals surface area contributed by atoms with Crippen LogP contribution in [-0.2, 0) is 19.5 Å². The molecule has 0 nitrogen and oxygen atoms in total. The normalized spacial score (nSPS) is 1.60. The van der Waals surface area contributed by atoms with Crippen molar-refractivity contribution in [1.82, 2.24) is 0 Å². The Bertz CT molecular complexity index is 5.61. The molecule has 0 N–H and O–H groups in total. The number of rotatable bonds is 0. The van der Waals surface area contributed by atoms with Crippen LogP contribution in [0.1, 0.15) is 0 Å². The predicted octanol–water partition coefficient (Wildman–Crippen LogP) is 1.60. The van der Waals surface area contributed by atoms with Gasteiger partial charge in [0.05, 0.1) is 0 Å². The molecule has 32 valence electrons. The Balaban J connectivity index is -0.0000000133. The summed E-state index contributed by atoms with van der Waals surface area (Å²) in [4.78, 5) is 0. The van der Waals surface area contributed by atoms with E-state index in [1.54, 1.807) is 0 Å². The molecular formula is C4H8Rh+. The van der Waals surface area contributed by atoms with E-state index in [0.29, 0.717) is 0 Å². The molecule has 0 saturated heterocycles. The average molecular weight is 159 g/mol. The summed E-state index contributed by atoms with van der Waals surface area (Å²) in [5.41, 5.74) is 0. The molecule has 0 aliphatic carbocycles. The minimum Gasteiger partial charge on any atom is -0.106 e. The first-order valence-electron chi connectivity index (χ1n) is 1.000. The zero-order valence-electron chi connectivity index (χ0n) is 3.16. The second-order valence-corrected chi connectivity index (χ2v) is 0. The summed E-state index contributed by atoms with van der Waals surface area (Å²) in [6.07, 6.45) is 0. The molecule has 0 amide bonds. The molecule has 0 aliphatic rings. The molecule has 0 fully saturated rings. The third kappa shape index (κ3) is 1700. The second-order valence-electron chi connectivity index (χ2n) is 0. The molecule has 0 aromatic carbocycles. The SMILES string of the molecule is C=C.C=C.[Rh+]. The van der Waals surface area contributed by atoms with Crippen LogP contribution in [0, 0.1) is 0 Å². The van der Waals surface area contributed by atoms with E-state index in [1.807, 2.05) is 0 Å². The Morgan fingerprint density at radius 2 is 0.600 bits per heavy atom. The van der Waals surface area contributed by atoms with E-state index in [1.165, 1.54) is 0 Å². The third-order valence-corrected chi connectivity index (χ3v) is 0. The van der Waals surface area contributed by atoms with Crippen molar-refractivity contribution in [1.29, 1.82) is 0 Å². The van der Waals surface area contributed by atoms with Crippen molar-refractivity contribution in [3.05, 3.63) is 26.3 Å². The van der Waals surface area contributed by atoms with Gasteiger partial charge < -0.3 is 0 Å². The minimum atomic E-state index is 0. The van der Waals surface area contributed by atoms with Gasteiger partial charge in [-0.1, -0.05) is 0 Å². The van der Waals surface area contributed by atoms with E-state index in [9.17, 15) is 0 Å². The van der Waals surface area contributed by atoms with Gasteiger partial charge in [-0.05, 0) is 0 Å². The minimum absolute atomic E-state index is 0. The standard InChI is InChI=1S/2C2H4.Rh/c2*1-2;/h2*1-2H2;/q;;+1. The fourth-order valence-electron chi connectivity index (χ4n) is 0. The van der Waals surface area contributed by atoms with Crippen LogP contribution in [0.3, 0.4) is 0 Å². The maximum absolute atomic E-state index is 3.00. The molecule has 0 atom stereocenters. The Kier molecular flexibility index (Phi) is 14400. The van der Waals surface area contributed by atoms with Crippen molar-refractivity contribution in [3.8, 4) is 0 Å². The molecule has 0 unspecified atom stereocenters. The quantitative estimate of drug-likeness (QED) is 0.372. The smallest absolute Gasteiger partial charge is 0.106 e. The average Bonchev–Trinajstić information content (AvgIpc) is 1.50. The van der Waals surface area contributed by atoms with E-state index in [2.05, 4.69) is 26.3 Å². The predicted molar refractivity (Wildman–Crippen MR) is 22.5 cm³/mol. The van der Waals surface area contributed by atoms with E-state index < -0.39 is 0 Å². The summed E-state index contributed by atoms with van der Waals surface area (Å²) in [5, 5.41) is 0. The van der Waals surface area contributed by atoms with Crippen LogP contribution in [0.15, 0.2) is 26.3 Å². The monoisotopic (exact) mass is 159 g/mol. The third-order valence-electron chi connectivity index (χ3n) is 0. The molecule has 0 bridgehead atoms. The van der Waals surface area contributed by atoms with E-state index in [4.69, 9.17) is 0 Å². The first-order valence-corrected chi connectivity index (χ1v) is 1.000. The fraction of sp³-hybridized carbons (Fsp3) is 0. The van der Waals surface area contributed by atoms with E-state index >= 15 is 0 Å². The second kappa shape index (κ2) is 3700. The van der Waals surface area contributed by atoms with Gasteiger partial charge in [0.25, 0.3) is 0 Å². The molecule has 0 rings (SSSR count). The zero-order chi connectivity index (χ0) is 4.00. The van der Waals surface area contributed by atoms with Gasteiger partial charge in [0.2, 0.25) is 0 Å². The van der Waals surface area contributed by atoms with Crippen LogP contribution in [0.4, 0.5) is 0 Å². The van der Waals surface area contributed by atoms with Gasteiger partial charge in [-0.2, -0.15) is 0 Å². The van der Waals surface area contributed by atoms with Crippen molar-refractivity contribution in [3.63, 3.8) is 0 Å². The van der Waals surface area contributed by atoms with Gasteiger partial charge in [0.1, 0.15) is 0 Å². The largest absolute Gasteiger partial charge is 1.00 e. The van der Waals surface area contributed by atoms with Gasteiger partial charge in [-0.15, -0.1) is 26.3 Å². The van der Waals surface area contributed by atoms with Crippen molar-refractivity contribution < 1.29 is 19.5 Å².